The first-order chi connectivity index (χ1) is 16.9. The van der Waals surface area contributed by atoms with Crippen LogP contribution in [0, 0.1) is 13.8 Å². The van der Waals surface area contributed by atoms with E-state index in [-0.39, 0.29) is 17.6 Å². The lowest BCUT2D eigenvalue weighted by molar-refractivity contribution is -0.122. The van der Waals surface area contributed by atoms with Crippen LogP contribution in [0.4, 0.5) is 5.82 Å². The smallest absolute Gasteiger partial charge is 0.267 e. The molecule has 1 amide bonds. The van der Waals surface area contributed by atoms with Crippen molar-refractivity contribution in [1.82, 2.24) is 14.3 Å². The van der Waals surface area contributed by atoms with Crippen LogP contribution in [0.2, 0.25) is 0 Å². The second-order valence-corrected chi connectivity index (χ2v) is 10.5. The van der Waals surface area contributed by atoms with E-state index in [1.165, 1.54) is 16.2 Å². The molecule has 5 rings (SSSR count). The summed E-state index contributed by atoms with van der Waals surface area (Å²) in [5.74, 6) is 0.239. The normalized spacial score (nSPS) is 19.3. The van der Waals surface area contributed by atoms with Gasteiger partial charge in [-0.15, -0.1) is 0 Å². The largest absolute Gasteiger partial charge is 0.376 e. The summed E-state index contributed by atoms with van der Waals surface area (Å²) in [7, 11) is 0. The first kappa shape index (κ1) is 23.7. The zero-order valence-electron chi connectivity index (χ0n) is 19.6. The Labute approximate surface area is 213 Å². The monoisotopic (exact) mass is 506 g/mol. The predicted octanol–water partition coefficient (Wildman–Crippen LogP) is 4.30. The summed E-state index contributed by atoms with van der Waals surface area (Å²) in [6, 6.07) is 11.7. The lowest BCUT2D eigenvalue weighted by Crippen LogP contribution is -2.27. The van der Waals surface area contributed by atoms with Gasteiger partial charge in [-0.25, -0.2) is 4.98 Å². The third-order valence-corrected chi connectivity index (χ3v) is 7.59. The molecule has 1 atom stereocenters. The maximum absolute atomic E-state index is 13.5. The van der Waals surface area contributed by atoms with Gasteiger partial charge in [0, 0.05) is 19.3 Å². The molecule has 7 nitrogen and oxygen atoms in total. The molecule has 0 radical (unpaired) electrons. The summed E-state index contributed by atoms with van der Waals surface area (Å²) < 4.78 is 7.72. The summed E-state index contributed by atoms with van der Waals surface area (Å²) in [5, 5.41) is 3.31. The molecule has 3 aromatic rings. The van der Waals surface area contributed by atoms with E-state index in [1.807, 2.05) is 50.2 Å². The number of ether oxygens (including phenoxy) is 1. The van der Waals surface area contributed by atoms with Gasteiger partial charge in [-0.1, -0.05) is 59.9 Å². The molecule has 1 aromatic carbocycles. The molecule has 35 heavy (non-hydrogen) atoms. The molecule has 180 valence electrons. The molecule has 2 fully saturated rings. The van der Waals surface area contributed by atoms with Gasteiger partial charge in [0.15, 0.2) is 0 Å². The molecule has 9 heteroatoms. The highest BCUT2D eigenvalue weighted by molar-refractivity contribution is 8.26. The molecule has 0 saturated carbocycles. The van der Waals surface area contributed by atoms with Crippen LogP contribution >= 0.6 is 24.0 Å². The Morgan fingerprint density at radius 1 is 1.23 bits per heavy atom. The van der Waals surface area contributed by atoms with Crippen LogP contribution < -0.4 is 10.9 Å². The maximum Gasteiger partial charge on any atom is 0.267 e. The summed E-state index contributed by atoms with van der Waals surface area (Å²) in [5.41, 5.74) is 3.72. The minimum Gasteiger partial charge on any atom is -0.376 e. The third-order valence-electron chi connectivity index (χ3n) is 6.22. The van der Waals surface area contributed by atoms with E-state index >= 15 is 0 Å². The molecule has 2 aliphatic rings. The summed E-state index contributed by atoms with van der Waals surface area (Å²) in [6.45, 7) is 5.62. The number of hydrogen-bond donors (Lipinski definition) is 1. The van der Waals surface area contributed by atoms with Crippen LogP contribution in [0.5, 0.6) is 0 Å². The number of thiocarbonyl (C=S) groups is 1. The zero-order valence-corrected chi connectivity index (χ0v) is 21.2. The van der Waals surface area contributed by atoms with Crippen molar-refractivity contribution < 1.29 is 9.53 Å². The molecular formula is C26H26N4O3S2. The molecule has 0 bridgehead atoms. The van der Waals surface area contributed by atoms with Crippen molar-refractivity contribution in [1.29, 1.82) is 0 Å². The highest BCUT2D eigenvalue weighted by Crippen LogP contribution is 2.34. The number of amides is 1. The molecule has 0 spiro atoms. The van der Waals surface area contributed by atoms with Crippen LogP contribution in [0.3, 0.4) is 0 Å². The van der Waals surface area contributed by atoms with Gasteiger partial charge in [0.2, 0.25) is 0 Å². The number of fused-ring (bicyclic) bond motifs is 1. The maximum atomic E-state index is 13.5. The van der Waals surface area contributed by atoms with Crippen LogP contribution in [-0.4, -0.2) is 43.8 Å². The van der Waals surface area contributed by atoms with Gasteiger partial charge >= 0.3 is 0 Å². The Balaban J connectivity index is 1.50. The highest BCUT2D eigenvalue weighted by atomic mass is 32.2. The van der Waals surface area contributed by atoms with Gasteiger partial charge in [-0.05, 0) is 50.0 Å². The minimum absolute atomic E-state index is 0.0766. The van der Waals surface area contributed by atoms with Crippen molar-refractivity contribution in [2.45, 2.75) is 39.3 Å². The van der Waals surface area contributed by atoms with Crippen molar-refractivity contribution >= 4 is 51.7 Å². The number of nitrogens with one attached hydrogen (secondary N) is 1. The number of aromatic nitrogens is 2. The van der Waals surface area contributed by atoms with E-state index in [0.29, 0.717) is 39.3 Å². The molecule has 1 N–H and O–H groups in total. The van der Waals surface area contributed by atoms with Gasteiger partial charge < -0.3 is 10.1 Å². The van der Waals surface area contributed by atoms with Gasteiger partial charge in [-0.2, -0.15) is 0 Å². The topological polar surface area (TPSA) is 75.9 Å². The van der Waals surface area contributed by atoms with Gasteiger partial charge in [0.25, 0.3) is 11.5 Å². The number of pyridine rings is 1. The number of carbonyl (C=O) groups excluding carboxylic acids is 1. The average Bonchev–Trinajstić information content (AvgIpc) is 3.45. The van der Waals surface area contributed by atoms with E-state index in [2.05, 4.69) is 5.32 Å². The molecule has 4 heterocycles. The number of nitrogens with zero attached hydrogens (tertiary/aromatic N) is 3. The van der Waals surface area contributed by atoms with Crippen LogP contribution in [0.25, 0.3) is 11.7 Å². The lowest BCUT2D eigenvalue weighted by atomic mass is 10.1. The van der Waals surface area contributed by atoms with Gasteiger partial charge in [0.05, 0.1) is 23.1 Å². The van der Waals surface area contributed by atoms with Crippen molar-refractivity contribution in [3.63, 3.8) is 0 Å². The molecule has 2 saturated heterocycles. The minimum atomic E-state index is -0.239. The highest BCUT2D eigenvalue weighted by Gasteiger charge is 2.33. The zero-order chi connectivity index (χ0) is 24.5. The molecule has 1 unspecified atom stereocenters. The Bertz CT molecular complexity index is 1390. The molecule has 0 aliphatic carbocycles. The van der Waals surface area contributed by atoms with E-state index < -0.39 is 0 Å². The summed E-state index contributed by atoms with van der Waals surface area (Å²) >= 11 is 6.72. The quantitative estimate of drug-likeness (QED) is 0.395. The fraction of sp³-hybridized carbons (Fsp3) is 0.308. The van der Waals surface area contributed by atoms with Crippen molar-refractivity contribution in [2.24, 2.45) is 0 Å². The first-order valence-corrected chi connectivity index (χ1v) is 12.8. The fourth-order valence-corrected chi connectivity index (χ4v) is 5.47. The van der Waals surface area contributed by atoms with E-state index in [9.17, 15) is 9.59 Å². The fourth-order valence-electron chi connectivity index (χ4n) is 4.24. The van der Waals surface area contributed by atoms with Crippen LogP contribution in [-0.2, 0) is 16.1 Å². The average molecular weight is 507 g/mol. The standard InChI is InChI=1S/C26H26N4O3S2/c1-16-7-9-18(10-8-16)15-30-25(32)21(35-26(30)34)13-20-22(27-14-19-6-4-12-33-19)28-23-17(2)5-3-11-29(23)24(20)31/h3,5,7-11,13,19,27H,4,6,12,14-15H2,1-2H3. The van der Waals surface area contributed by atoms with Crippen molar-refractivity contribution in [3.05, 3.63) is 80.1 Å². The molecule has 2 aromatic heterocycles. The number of thioether (sulfide) groups is 1. The van der Waals surface area contributed by atoms with Crippen LogP contribution in [0.15, 0.2) is 52.3 Å². The third kappa shape index (κ3) is 4.89. The second-order valence-electron chi connectivity index (χ2n) is 8.83. The lowest BCUT2D eigenvalue weighted by Gasteiger charge is -2.15. The van der Waals surface area contributed by atoms with Crippen molar-refractivity contribution in [2.75, 3.05) is 18.5 Å². The predicted molar refractivity (Wildman–Crippen MR) is 144 cm³/mol. The number of hydrogen-bond acceptors (Lipinski definition) is 7. The SMILES string of the molecule is Cc1ccc(CN2C(=O)C(=Cc3c(NCC4CCCO4)nc4c(C)cccn4c3=O)SC2=S)cc1. The Hall–Kier alpha value is -3.01. The number of rotatable bonds is 6. The summed E-state index contributed by atoms with van der Waals surface area (Å²) in [4.78, 5) is 33.5. The first-order valence-electron chi connectivity index (χ1n) is 11.6. The molecular weight excluding hydrogens is 480 g/mol. The van der Waals surface area contributed by atoms with E-state index in [4.69, 9.17) is 21.9 Å². The number of carbonyl (C=O) groups is 1. The Morgan fingerprint density at radius 3 is 2.77 bits per heavy atom. The molecule has 2 aliphatic heterocycles. The van der Waals surface area contributed by atoms with E-state index in [0.717, 1.165) is 36.1 Å². The Morgan fingerprint density at radius 2 is 2.03 bits per heavy atom. The number of anilines is 1. The van der Waals surface area contributed by atoms with Crippen molar-refractivity contribution in [3.8, 4) is 0 Å². The Kier molecular flexibility index (Phi) is 6.73. The van der Waals surface area contributed by atoms with Crippen LogP contribution in [0.1, 0.15) is 35.1 Å². The van der Waals surface area contributed by atoms with E-state index in [1.54, 1.807) is 17.2 Å². The van der Waals surface area contributed by atoms with Gasteiger partial charge in [0.1, 0.15) is 15.8 Å². The number of benzene rings is 1. The second kappa shape index (κ2) is 9.93. The summed E-state index contributed by atoms with van der Waals surface area (Å²) in [6.07, 6.45) is 5.38. The van der Waals surface area contributed by atoms with Gasteiger partial charge in [-0.3, -0.25) is 18.9 Å². The number of aryl methyl sites for hydroxylation is 2.